The molecule has 1 N–H and O–H groups in total. The van der Waals surface area contributed by atoms with Gasteiger partial charge in [0.1, 0.15) is 5.82 Å². The Bertz CT molecular complexity index is 1430. The standard InChI is InChI=1S/C27H23Cl2FN4O2S/c28-23-6-1-3-19(26(23)29)15-33(27(37)32-21-5-2-4-20(30)12-21)10-9-22-13-31-16-34(22)14-18-7-8-24-25(11-18)36-17-35-24/h1-8,11-13,16H,9-10,14-15,17H2,(H,32,37). The molecule has 0 saturated heterocycles. The van der Waals surface area contributed by atoms with Crippen LogP contribution in [0.15, 0.2) is 73.2 Å². The number of hydrogen-bond donors (Lipinski definition) is 1. The fourth-order valence-electron chi connectivity index (χ4n) is 4.08. The number of rotatable bonds is 8. The third kappa shape index (κ3) is 6.15. The van der Waals surface area contributed by atoms with Gasteiger partial charge in [-0.3, -0.25) is 0 Å². The first-order chi connectivity index (χ1) is 18.0. The highest BCUT2D eigenvalue weighted by Crippen LogP contribution is 2.33. The maximum Gasteiger partial charge on any atom is 0.231 e. The van der Waals surface area contributed by atoms with Gasteiger partial charge in [-0.25, -0.2) is 9.37 Å². The first-order valence-electron chi connectivity index (χ1n) is 11.6. The van der Waals surface area contributed by atoms with Crippen molar-refractivity contribution in [2.45, 2.75) is 19.5 Å². The van der Waals surface area contributed by atoms with Crippen molar-refractivity contribution >= 4 is 46.2 Å². The smallest absolute Gasteiger partial charge is 0.231 e. The molecule has 5 rings (SSSR count). The van der Waals surface area contributed by atoms with Gasteiger partial charge in [-0.05, 0) is 59.7 Å². The van der Waals surface area contributed by atoms with Crippen LogP contribution < -0.4 is 14.8 Å². The van der Waals surface area contributed by atoms with Crippen LogP contribution in [0.1, 0.15) is 16.8 Å². The van der Waals surface area contributed by atoms with Crippen molar-refractivity contribution in [1.82, 2.24) is 14.5 Å². The van der Waals surface area contributed by atoms with Gasteiger partial charge < -0.3 is 24.3 Å². The molecule has 10 heteroatoms. The lowest BCUT2D eigenvalue weighted by atomic mass is 10.2. The lowest BCUT2D eigenvalue weighted by molar-refractivity contribution is 0.174. The fraction of sp³-hybridized carbons (Fsp3) is 0.185. The Balaban J connectivity index is 1.32. The van der Waals surface area contributed by atoms with Gasteiger partial charge in [0.2, 0.25) is 6.79 Å². The maximum atomic E-state index is 13.7. The highest BCUT2D eigenvalue weighted by atomic mass is 35.5. The molecule has 3 aromatic carbocycles. The quantitative estimate of drug-likeness (QED) is 0.248. The summed E-state index contributed by atoms with van der Waals surface area (Å²) in [5.74, 6) is 1.16. The zero-order valence-corrected chi connectivity index (χ0v) is 22.0. The fourth-order valence-corrected chi connectivity index (χ4v) is 4.74. The highest BCUT2D eigenvalue weighted by molar-refractivity contribution is 7.80. The van der Waals surface area contributed by atoms with Crippen molar-refractivity contribution in [3.05, 3.63) is 106 Å². The molecule has 4 aromatic rings. The van der Waals surface area contributed by atoms with Crippen LogP contribution in [0.4, 0.5) is 10.1 Å². The lowest BCUT2D eigenvalue weighted by Crippen LogP contribution is -2.36. The van der Waals surface area contributed by atoms with Gasteiger partial charge in [0.25, 0.3) is 0 Å². The van der Waals surface area contributed by atoms with Crippen LogP contribution in [-0.4, -0.2) is 32.9 Å². The molecule has 1 aliphatic rings. The predicted octanol–water partition coefficient (Wildman–Crippen LogP) is 6.55. The van der Waals surface area contributed by atoms with E-state index >= 15 is 0 Å². The minimum atomic E-state index is -0.343. The van der Waals surface area contributed by atoms with Crippen LogP contribution >= 0.6 is 35.4 Å². The number of benzene rings is 3. The topological polar surface area (TPSA) is 51.6 Å². The number of fused-ring (bicyclic) bond motifs is 1. The molecule has 1 aromatic heterocycles. The summed E-state index contributed by atoms with van der Waals surface area (Å²) < 4.78 is 26.7. The first kappa shape index (κ1) is 25.3. The first-order valence-corrected chi connectivity index (χ1v) is 12.7. The number of ether oxygens (including phenoxy) is 2. The van der Waals surface area contributed by atoms with Crippen molar-refractivity contribution in [3.63, 3.8) is 0 Å². The van der Waals surface area contributed by atoms with Gasteiger partial charge >= 0.3 is 0 Å². The molecule has 1 aliphatic heterocycles. The van der Waals surface area contributed by atoms with Crippen molar-refractivity contribution in [3.8, 4) is 11.5 Å². The average molecular weight is 557 g/mol. The molecular formula is C27H23Cl2FN4O2S. The van der Waals surface area contributed by atoms with Crippen LogP contribution in [-0.2, 0) is 19.5 Å². The van der Waals surface area contributed by atoms with E-state index in [1.165, 1.54) is 12.1 Å². The molecule has 0 aliphatic carbocycles. The third-order valence-electron chi connectivity index (χ3n) is 5.98. The Kier molecular flexibility index (Phi) is 7.79. The minimum absolute atomic E-state index is 0.241. The van der Waals surface area contributed by atoms with Crippen molar-refractivity contribution in [1.29, 1.82) is 0 Å². The number of nitrogens with zero attached hydrogens (tertiary/aromatic N) is 3. The van der Waals surface area contributed by atoms with Crippen molar-refractivity contribution < 1.29 is 13.9 Å². The largest absolute Gasteiger partial charge is 0.454 e. The lowest BCUT2D eigenvalue weighted by Gasteiger charge is -2.27. The van der Waals surface area contributed by atoms with Gasteiger partial charge in [-0.15, -0.1) is 0 Å². The van der Waals surface area contributed by atoms with Gasteiger partial charge in [-0.2, -0.15) is 0 Å². The number of hydrogen-bond acceptors (Lipinski definition) is 4. The Morgan fingerprint density at radius 1 is 1.08 bits per heavy atom. The molecule has 190 valence electrons. The Hall–Kier alpha value is -3.33. The van der Waals surface area contributed by atoms with E-state index in [4.69, 9.17) is 44.9 Å². The van der Waals surface area contributed by atoms with Gasteiger partial charge in [0, 0.05) is 43.6 Å². The minimum Gasteiger partial charge on any atom is -0.454 e. The Labute approximate surface area is 229 Å². The number of thiocarbonyl (C=S) groups is 1. The summed E-state index contributed by atoms with van der Waals surface area (Å²) in [6.07, 6.45) is 4.32. The summed E-state index contributed by atoms with van der Waals surface area (Å²) in [5.41, 5.74) is 3.52. The molecule has 0 bridgehead atoms. The summed E-state index contributed by atoms with van der Waals surface area (Å²) >= 11 is 18.4. The second-order valence-electron chi connectivity index (χ2n) is 8.53. The summed E-state index contributed by atoms with van der Waals surface area (Å²) in [4.78, 5) is 6.34. The highest BCUT2D eigenvalue weighted by Gasteiger charge is 2.17. The predicted molar refractivity (Wildman–Crippen MR) is 147 cm³/mol. The molecule has 0 amide bonds. The number of anilines is 1. The molecule has 0 atom stereocenters. The van der Waals surface area contributed by atoms with Crippen LogP contribution in [0.25, 0.3) is 0 Å². The molecule has 0 radical (unpaired) electrons. The number of aromatic nitrogens is 2. The van der Waals surface area contributed by atoms with E-state index in [1.807, 2.05) is 41.4 Å². The summed E-state index contributed by atoms with van der Waals surface area (Å²) in [6, 6.07) is 17.6. The van der Waals surface area contributed by atoms with E-state index in [9.17, 15) is 4.39 Å². The zero-order chi connectivity index (χ0) is 25.8. The average Bonchev–Trinajstić information content (AvgIpc) is 3.53. The normalized spacial score (nSPS) is 12.0. The van der Waals surface area contributed by atoms with E-state index in [0.29, 0.717) is 46.9 Å². The third-order valence-corrected chi connectivity index (χ3v) is 7.20. The second-order valence-corrected chi connectivity index (χ2v) is 9.70. The molecule has 2 heterocycles. The summed E-state index contributed by atoms with van der Waals surface area (Å²) in [6.45, 7) is 1.87. The van der Waals surface area contributed by atoms with Crippen LogP contribution in [0.2, 0.25) is 10.0 Å². The Morgan fingerprint density at radius 2 is 1.92 bits per heavy atom. The summed E-state index contributed by atoms with van der Waals surface area (Å²) in [7, 11) is 0. The van der Waals surface area contributed by atoms with Crippen molar-refractivity contribution in [2.75, 3.05) is 18.7 Å². The molecule has 0 fully saturated rings. The maximum absolute atomic E-state index is 13.7. The number of imidazole rings is 1. The van der Waals surface area contributed by atoms with Gasteiger partial charge in [0.05, 0.1) is 16.4 Å². The van der Waals surface area contributed by atoms with Crippen LogP contribution in [0, 0.1) is 5.82 Å². The monoisotopic (exact) mass is 556 g/mol. The van der Waals surface area contributed by atoms with Gasteiger partial charge in [-0.1, -0.05) is 47.5 Å². The molecule has 0 unspecified atom stereocenters. The summed E-state index contributed by atoms with van der Waals surface area (Å²) in [5, 5.41) is 4.55. The number of halogens is 3. The zero-order valence-electron chi connectivity index (χ0n) is 19.7. The Morgan fingerprint density at radius 3 is 2.78 bits per heavy atom. The van der Waals surface area contributed by atoms with E-state index in [0.717, 1.165) is 28.3 Å². The molecule has 0 saturated carbocycles. The number of nitrogens with one attached hydrogen (secondary N) is 1. The molecule has 37 heavy (non-hydrogen) atoms. The van der Waals surface area contributed by atoms with Crippen LogP contribution in [0.3, 0.4) is 0 Å². The van der Waals surface area contributed by atoms with Crippen LogP contribution in [0.5, 0.6) is 11.5 Å². The molecular weight excluding hydrogens is 534 g/mol. The van der Waals surface area contributed by atoms with Gasteiger partial charge in [0.15, 0.2) is 16.6 Å². The SMILES string of the molecule is Fc1cccc(NC(=S)N(CCc2cncn2Cc2ccc3c(c2)OCO3)Cc2cccc(Cl)c2Cl)c1. The van der Waals surface area contributed by atoms with E-state index in [-0.39, 0.29) is 12.6 Å². The van der Waals surface area contributed by atoms with E-state index in [1.54, 1.807) is 24.5 Å². The van der Waals surface area contributed by atoms with E-state index < -0.39 is 0 Å². The molecule has 6 nitrogen and oxygen atoms in total. The second kappa shape index (κ2) is 11.4. The van der Waals surface area contributed by atoms with Crippen molar-refractivity contribution in [2.24, 2.45) is 0 Å². The van der Waals surface area contributed by atoms with E-state index in [2.05, 4.69) is 14.9 Å². The molecule has 0 spiro atoms.